The average molecular weight is 237 g/mol. The van der Waals surface area contributed by atoms with Crippen molar-refractivity contribution in [1.29, 1.82) is 0 Å². The van der Waals surface area contributed by atoms with Crippen molar-refractivity contribution in [1.82, 2.24) is 14.9 Å². The molecular weight excluding hydrogens is 222 g/mol. The van der Waals surface area contributed by atoms with Crippen molar-refractivity contribution in [3.63, 3.8) is 0 Å². The van der Waals surface area contributed by atoms with Crippen molar-refractivity contribution < 1.29 is 14.3 Å². The number of methoxy groups -OCH3 is 1. The number of piperidine rings is 1. The first-order valence-corrected chi connectivity index (χ1v) is 5.61. The summed E-state index contributed by atoms with van der Waals surface area (Å²) in [5.74, 6) is -0.546. The van der Waals surface area contributed by atoms with Gasteiger partial charge in [0.15, 0.2) is 0 Å². The number of nitrogens with zero attached hydrogens (tertiary/aromatic N) is 2. The normalized spacial score (nSPS) is 20.1. The molecule has 0 spiro atoms. The largest absolute Gasteiger partial charge is 0.467 e. The molecular formula is C11H15N3O3. The van der Waals surface area contributed by atoms with Gasteiger partial charge in [-0.2, -0.15) is 0 Å². The van der Waals surface area contributed by atoms with E-state index in [1.165, 1.54) is 19.6 Å². The van der Waals surface area contributed by atoms with Crippen LogP contribution >= 0.6 is 0 Å². The van der Waals surface area contributed by atoms with E-state index in [0.717, 1.165) is 12.8 Å². The number of likely N-dealkylation sites (tertiary alicyclic amines) is 1. The SMILES string of the molecule is COC(=O)[C@H]1CCCCN1C(=O)c1cnc[nH]1. The summed E-state index contributed by atoms with van der Waals surface area (Å²) in [5.41, 5.74) is 0.404. The second-order valence-electron chi connectivity index (χ2n) is 4.00. The summed E-state index contributed by atoms with van der Waals surface area (Å²) < 4.78 is 4.73. The smallest absolute Gasteiger partial charge is 0.328 e. The van der Waals surface area contributed by atoms with Crippen LogP contribution in [0.3, 0.4) is 0 Å². The van der Waals surface area contributed by atoms with Crippen LogP contribution in [0.15, 0.2) is 12.5 Å². The van der Waals surface area contributed by atoms with E-state index in [4.69, 9.17) is 4.74 Å². The summed E-state index contributed by atoms with van der Waals surface area (Å²) >= 11 is 0. The quantitative estimate of drug-likeness (QED) is 0.763. The summed E-state index contributed by atoms with van der Waals surface area (Å²) in [4.78, 5) is 31.9. The first-order chi connectivity index (χ1) is 8.24. The van der Waals surface area contributed by atoms with Gasteiger partial charge in [0.1, 0.15) is 11.7 Å². The first kappa shape index (κ1) is 11.6. The molecule has 1 aromatic rings. The van der Waals surface area contributed by atoms with Crippen molar-refractivity contribution in [3.8, 4) is 0 Å². The summed E-state index contributed by atoms with van der Waals surface area (Å²) in [7, 11) is 1.34. The Morgan fingerprint density at radius 2 is 2.35 bits per heavy atom. The van der Waals surface area contributed by atoms with Crippen LogP contribution in [0, 0.1) is 0 Å². The molecule has 1 amide bonds. The highest BCUT2D eigenvalue weighted by Crippen LogP contribution is 2.19. The van der Waals surface area contributed by atoms with E-state index in [-0.39, 0.29) is 11.9 Å². The number of carbonyl (C=O) groups is 2. The van der Waals surface area contributed by atoms with Crippen molar-refractivity contribution in [2.45, 2.75) is 25.3 Å². The maximum absolute atomic E-state index is 12.1. The minimum atomic E-state index is -0.468. The van der Waals surface area contributed by atoms with Crippen molar-refractivity contribution in [2.75, 3.05) is 13.7 Å². The number of H-pyrrole nitrogens is 1. The van der Waals surface area contributed by atoms with Crippen molar-refractivity contribution in [2.24, 2.45) is 0 Å². The van der Waals surface area contributed by atoms with Crippen LogP contribution < -0.4 is 0 Å². The van der Waals surface area contributed by atoms with E-state index in [9.17, 15) is 9.59 Å². The number of nitrogens with one attached hydrogen (secondary N) is 1. The molecule has 17 heavy (non-hydrogen) atoms. The third-order valence-corrected chi connectivity index (χ3v) is 2.97. The van der Waals surface area contributed by atoms with Gasteiger partial charge in [-0.05, 0) is 19.3 Å². The van der Waals surface area contributed by atoms with E-state index < -0.39 is 6.04 Å². The van der Waals surface area contributed by atoms with Gasteiger partial charge in [-0.3, -0.25) is 4.79 Å². The molecule has 0 unspecified atom stereocenters. The van der Waals surface area contributed by atoms with Gasteiger partial charge < -0.3 is 14.6 Å². The topological polar surface area (TPSA) is 75.3 Å². The number of aromatic nitrogens is 2. The fraction of sp³-hybridized carbons (Fsp3) is 0.545. The first-order valence-electron chi connectivity index (χ1n) is 5.61. The Morgan fingerprint density at radius 1 is 1.53 bits per heavy atom. The number of ether oxygens (including phenoxy) is 1. The maximum Gasteiger partial charge on any atom is 0.328 e. The number of rotatable bonds is 2. The molecule has 1 N–H and O–H groups in total. The lowest BCUT2D eigenvalue weighted by Crippen LogP contribution is -2.48. The lowest BCUT2D eigenvalue weighted by molar-refractivity contribution is -0.147. The van der Waals surface area contributed by atoms with Gasteiger partial charge in [-0.15, -0.1) is 0 Å². The van der Waals surface area contributed by atoms with Gasteiger partial charge in [0.25, 0.3) is 5.91 Å². The number of amides is 1. The molecule has 1 aliphatic heterocycles. The molecule has 0 bridgehead atoms. The molecule has 0 radical (unpaired) electrons. The third-order valence-electron chi connectivity index (χ3n) is 2.97. The summed E-state index contributed by atoms with van der Waals surface area (Å²) in [5, 5.41) is 0. The summed E-state index contributed by atoms with van der Waals surface area (Å²) in [6.07, 6.45) is 5.42. The van der Waals surface area contributed by atoms with Gasteiger partial charge in [0.2, 0.25) is 0 Å². The second kappa shape index (κ2) is 4.99. The van der Waals surface area contributed by atoms with Crippen LogP contribution in [0.5, 0.6) is 0 Å². The van der Waals surface area contributed by atoms with Crippen LogP contribution in [0.25, 0.3) is 0 Å². The molecule has 1 fully saturated rings. The highest BCUT2D eigenvalue weighted by molar-refractivity contribution is 5.95. The van der Waals surface area contributed by atoms with Crippen LogP contribution in [0.1, 0.15) is 29.8 Å². The lowest BCUT2D eigenvalue weighted by atomic mass is 10.0. The van der Waals surface area contributed by atoms with E-state index in [0.29, 0.717) is 18.7 Å². The van der Waals surface area contributed by atoms with Gasteiger partial charge in [0.05, 0.1) is 19.6 Å². The molecule has 0 saturated carbocycles. The molecule has 2 rings (SSSR count). The zero-order chi connectivity index (χ0) is 12.3. The van der Waals surface area contributed by atoms with Crippen LogP contribution in [0.4, 0.5) is 0 Å². The van der Waals surface area contributed by atoms with Gasteiger partial charge in [0, 0.05) is 6.54 Å². The van der Waals surface area contributed by atoms with Gasteiger partial charge in [-0.1, -0.05) is 0 Å². The van der Waals surface area contributed by atoms with Gasteiger partial charge in [-0.25, -0.2) is 9.78 Å². The number of hydrogen-bond donors (Lipinski definition) is 1. The van der Waals surface area contributed by atoms with E-state index in [2.05, 4.69) is 9.97 Å². The molecule has 0 aromatic carbocycles. The summed E-state index contributed by atoms with van der Waals surface area (Å²) in [6.45, 7) is 0.581. The number of aromatic amines is 1. The van der Waals surface area contributed by atoms with Gasteiger partial charge >= 0.3 is 5.97 Å². The van der Waals surface area contributed by atoms with E-state index in [1.54, 1.807) is 4.90 Å². The Hall–Kier alpha value is -1.85. The highest BCUT2D eigenvalue weighted by atomic mass is 16.5. The highest BCUT2D eigenvalue weighted by Gasteiger charge is 2.33. The van der Waals surface area contributed by atoms with E-state index in [1.807, 2.05) is 0 Å². The molecule has 1 saturated heterocycles. The number of hydrogen-bond acceptors (Lipinski definition) is 4. The predicted molar refractivity (Wildman–Crippen MR) is 59.3 cm³/mol. The predicted octanol–water partition coefficient (Wildman–Crippen LogP) is 0.577. The Labute approximate surface area is 99.0 Å². The van der Waals surface area contributed by atoms with Crippen LogP contribution in [0.2, 0.25) is 0 Å². The minimum Gasteiger partial charge on any atom is -0.467 e. The number of carbonyl (C=O) groups excluding carboxylic acids is 2. The fourth-order valence-corrected chi connectivity index (χ4v) is 2.08. The Bertz CT molecular complexity index is 402. The van der Waals surface area contributed by atoms with E-state index >= 15 is 0 Å². The Morgan fingerprint density at radius 3 is 3.00 bits per heavy atom. The third kappa shape index (κ3) is 2.30. The van der Waals surface area contributed by atoms with Crippen molar-refractivity contribution in [3.05, 3.63) is 18.2 Å². The molecule has 0 aliphatic carbocycles. The maximum atomic E-state index is 12.1. The zero-order valence-corrected chi connectivity index (χ0v) is 9.68. The molecule has 6 nitrogen and oxygen atoms in total. The molecule has 92 valence electrons. The molecule has 1 atom stereocenters. The lowest BCUT2D eigenvalue weighted by Gasteiger charge is -2.33. The minimum absolute atomic E-state index is 0.197. The molecule has 2 heterocycles. The van der Waals surface area contributed by atoms with Crippen molar-refractivity contribution >= 4 is 11.9 Å². The number of esters is 1. The average Bonchev–Trinajstić information content (AvgIpc) is 2.91. The zero-order valence-electron chi connectivity index (χ0n) is 9.68. The second-order valence-corrected chi connectivity index (χ2v) is 4.00. The number of imidazole rings is 1. The Balaban J connectivity index is 2.16. The molecule has 1 aromatic heterocycles. The van der Waals surface area contributed by atoms with Crippen LogP contribution in [-0.4, -0.2) is 46.4 Å². The monoisotopic (exact) mass is 237 g/mol. The molecule has 6 heteroatoms. The standard InChI is InChI=1S/C11H15N3O3/c1-17-11(16)9-4-2-3-5-14(9)10(15)8-6-12-7-13-8/h6-7,9H,2-5H2,1H3,(H,12,13)/t9-/m1/s1. The van der Waals surface area contributed by atoms with Crippen LogP contribution in [-0.2, 0) is 9.53 Å². The molecule has 1 aliphatic rings. The Kier molecular flexibility index (Phi) is 3.41. The fourth-order valence-electron chi connectivity index (χ4n) is 2.08. The summed E-state index contributed by atoms with van der Waals surface area (Å²) in [6, 6.07) is -0.468.